The van der Waals surface area contributed by atoms with Gasteiger partial charge >= 0.3 is 0 Å². The van der Waals surface area contributed by atoms with E-state index in [1.807, 2.05) is 0 Å². The number of nitrogens with zero attached hydrogens (tertiary/aromatic N) is 1. The third-order valence-electron chi connectivity index (χ3n) is 4.89. The summed E-state index contributed by atoms with van der Waals surface area (Å²) in [4.78, 5) is 12.4. The zero-order valence-corrected chi connectivity index (χ0v) is 12.3. The van der Waals surface area contributed by atoms with E-state index >= 15 is 0 Å². The van der Waals surface area contributed by atoms with E-state index in [0.717, 1.165) is 37.3 Å². The number of nitrogens with one attached hydrogen (secondary N) is 1. The molecular weight excluding hydrogens is 264 g/mol. The monoisotopic (exact) mass is 284 g/mol. The molecule has 21 heavy (non-hydrogen) atoms. The second-order valence-corrected chi connectivity index (χ2v) is 6.29. The van der Waals surface area contributed by atoms with Gasteiger partial charge in [-0.05, 0) is 55.9 Å². The minimum Gasteiger partial charge on any atom is -0.373 e. The van der Waals surface area contributed by atoms with Gasteiger partial charge in [0.15, 0.2) is 0 Å². The predicted molar refractivity (Wildman–Crippen MR) is 79.6 cm³/mol. The number of rotatable bonds is 2. The fourth-order valence-electron chi connectivity index (χ4n) is 3.32. The zero-order valence-electron chi connectivity index (χ0n) is 12.3. The van der Waals surface area contributed by atoms with Gasteiger partial charge < -0.3 is 10.1 Å². The highest BCUT2D eigenvalue weighted by molar-refractivity contribution is 5.94. The van der Waals surface area contributed by atoms with Gasteiger partial charge in [-0.15, -0.1) is 0 Å². The van der Waals surface area contributed by atoms with Gasteiger partial charge in [0.2, 0.25) is 5.91 Å². The highest BCUT2D eigenvalue weighted by Crippen LogP contribution is 2.46. The molecule has 1 aromatic rings. The van der Waals surface area contributed by atoms with E-state index in [-0.39, 0.29) is 17.4 Å². The number of carbonyl (C=O) groups excluding carboxylic acids is 1. The van der Waals surface area contributed by atoms with Crippen LogP contribution in [0.5, 0.6) is 0 Å². The predicted octanol–water partition coefficient (Wildman–Crippen LogP) is 3.09. The van der Waals surface area contributed by atoms with Crippen LogP contribution in [0.4, 0.5) is 5.69 Å². The fraction of sp³-hybridized carbons (Fsp3) is 0.529. The van der Waals surface area contributed by atoms with Crippen LogP contribution in [0, 0.1) is 23.2 Å². The van der Waals surface area contributed by atoms with Crippen molar-refractivity contribution in [2.24, 2.45) is 11.8 Å². The molecule has 4 heteroatoms. The van der Waals surface area contributed by atoms with Crippen molar-refractivity contribution in [2.75, 3.05) is 11.9 Å². The summed E-state index contributed by atoms with van der Waals surface area (Å²) in [5.74, 6) is 0.739. The van der Waals surface area contributed by atoms with Gasteiger partial charge in [-0.3, -0.25) is 4.79 Å². The first kappa shape index (κ1) is 14.1. The van der Waals surface area contributed by atoms with Gasteiger partial charge in [0.1, 0.15) is 0 Å². The van der Waals surface area contributed by atoms with E-state index in [9.17, 15) is 4.79 Å². The molecule has 1 atom stereocenters. The van der Waals surface area contributed by atoms with Crippen molar-refractivity contribution in [2.45, 2.75) is 38.2 Å². The summed E-state index contributed by atoms with van der Waals surface area (Å²) in [5, 5.41) is 11.7. The number of amides is 1. The Morgan fingerprint density at radius 1 is 1.33 bits per heavy atom. The summed E-state index contributed by atoms with van der Waals surface area (Å²) in [6, 6.07) is 9.04. The van der Waals surface area contributed by atoms with E-state index in [1.165, 1.54) is 0 Å². The van der Waals surface area contributed by atoms with Crippen molar-refractivity contribution < 1.29 is 9.53 Å². The summed E-state index contributed by atoms with van der Waals surface area (Å²) in [5.41, 5.74) is 1.12. The molecule has 0 radical (unpaired) electrons. The van der Waals surface area contributed by atoms with Crippen LogP contribution in [-0.4, -0.2) is 18.1 Å². The Balaban J connectivity index is 1.64. The molecule has 2 fully saturated rings. The van der Waals surface area contributed by atoms with Crippen LogP contribution in [0.3, 0.4) is 0 Å². The first-order chi connectivity index (χ1) is 10.1. The Morgan fingerprint density at radius 2 is 2.00 bits per heavy atom. The number of nitriles is 1. The molecule has 0 aromatic heterocycles. The third kappa shape index (κ3) is 2.66. The summed E-state index contributed by atoms with van der Waals surface area (Å²) >= 11 is 0. The van der Waals surface area contributed by atoms with Crippen molar-refractivity contribution >= 4 is 11.6 Å². The average molecular weight is 284 g/mol. The fourth-order valence-corrected chi connectivity index (χ4v) is 3.32. The topological polar surface area (TPSA) is 62.1 Å². The van der Waals surface area contributed by atoms with E-state index in [2.05, 4.69) is 18.3 Å². The molecule has 1 aromatic carbocycles. The smallest absolute Gasteiger partial charge is 0.232 e. The van der Waals surface area contributed by atoms with Gasteiger partial charge in [0.05, 0.1) is 29.8 Å². The van der Waals surface area contributed by atoms with Crippen molar-refractivity contribution in [1.82, 2.24) is 0 Å². The zero-order chi connectivity index (χ0) is 14.9. The maximum Gasteiger partial charge on any atom is 0.232 e. The minimum atomic E-state index is -0.219. The maximum atomic E-state index is 12.4. The van der Waals surface area contributed by atoms with Crippen molar-refractivity contribution in [1.29, 1.82) is 5.26 Å². The lowest BCUT2D eigenvalue weighted by Crippen LogP contribution is -2.59. The Morgan fingerprint density at radius 3 is 2.52 bits per heavy atom. The molecule has 1 aliphatic carbocycles. The van der Waals surface area contributed by atoms with Crippen LogP contribution in [0.15, 0.2) is 24.3 Å². The lowest BCUT2D eigenvalue weighted by Gasteiger charge is -2.51. The molecule has 1 heterocycles. The van der Waals surface area contributed by atoms with Gasteiger partial charge in [-0.25, -0.2) is 0 Å². The Bertz CT molecular complexity index is 565. The van der Waals surface area contributed by atoms with Crippen LogP contribution in [0.2, 0.25) is 0 Å². The minimum absolute atomic E-state index is 0.0411. The quantitative estimate of drug-likeness (QED) is 0.907. The normalized spacial score (nSPS) is 31.2. The standard InChI is InChI=1S/C17H20N2O2/c1-12-6-8-17(9-7-12)15(11-21-17)16(20)19-14-4-2-13(10-18)3-5-14/h2-5,12,15H,6-9,11H2,1H3,(H,19,20). The van der Waals surface area contributed by atoms with Gasteiger partial charge in [0.25, 0.3) is 0 Å². The third-order valence-corrected chi connectivity index (χ3v) is 4.89. The number of anilines is 1. The highest BCUT2D eigenvalue weighted by atomic mass is 16.5. The molecule has 1 saturated carbocycles. The van der Waals surface area contributed by atoms with E-state index in [4.69, 9.17) is 10.00 Å². The number of hydrogen-bond donors (Lipinski definition) is 1. The molecule has 1 amide bonds. The molecule has 0 bridgehead atoms. The van der Waals surface area contributed by atoms with Crippen LogP contribution < -0.4 is 5.32 Å². The van der Waals surface area contributed by atoms with Crippen molar-refractivity contribution in [3.05, 3.63) is 29.8 Å². The number of benzene rings is 1. The van der Waals surface area contributed by atoms with E-state index < -0.39 is 0 Å². The molecule has 3 rings (SSSR count). The van der Waals surface area contributed by atoms with Crippen LogP contribution in [0.25, 0.3) is 0 Å². The van der Waals surface area contributed by atoms with Crippen molar-refractivity contribution in [3.8, 4) is 6.07 Å². The molecule has 1 spiro atoms. The highest BCUT2D eigenvalue weighted by Gasteiger charge is 2.53. The van der Waals surface area contributed by atoms with Crippen LogP contribution >= 0.6 is 0 Å². The Labute approximate surface area is 125 Å². The molecule has 1 saturated heterocycles. The Hall–Kier alpha value is -1.86. The first-order valence-electron chi connectivity index (χ1n) is 7.58. The number of ether oxygens (including phenoxy) is 1. The average Bonchev–Trinajstić information content (AvgIpc) is 2.48. The second-order valence-electron chi connectivity index (χ2n) is 6.29. The molecule has 1 unspecified atom stereocenters. The van der Waals surface area contributed by atoms with Gasteiger partial charge in [-0.1, -0.05) is 6.92 Å². The van der Waals surface area contributed by atoms with Crippen LogP contribution in [0.1, 0.15) is 38.2 Å². The van der Waals surface area contributed by atoms with Gasteiger partial charge in [0, 0.05) is 5.69 Å². The lowest BCUT2D eigenvalue weighted by atomic mass is 9.69. The molecule has 4 nitrogen and oxygen atoms in total. The SMILES string of the molecule is CC1CCC2(CC1)OCC2C(=O)Nc1ccc(C#N)cc1. The van der Waals surface area contributed by atoms with Crippen molar-refractivity contribution in [3.63, 3.8) is 0 Å². The lowest BCUT2D eigenvalue weighted by molar-refractivity contribution is -0.218. The summed E-state index contributed by atoms with van der Waals surface area (Å²) in [7, 11) is 0. The molecule has 2 aliphatic rings. The molecular formula is C17H20N2O2. The second kappa shape index (κ2) is 5.50. The van der Waals surface area contributed by atoms with E-state index in [1.54, 1.807) is 24.3 Å². The molecule has 110 valence electrons. The Kier molecular flexibility index (Phi) is 3.69. The number of carbonyl (C=O) groups is 1. The van der Waals surface area contributed by atoms with Crippen LogP contribution in [-0.2, 0) is 9.53 Å². The molecule has 1 N–H and O–H groups in total. The van der Waals surface area contributed by atoms with Gasteiger partial charge in [-0.2, -0.15) is 5.26 Å². The summed E-state index contributed by atoms with van der Waals surface area (Å²) in [6.45, 7) is 2.79. The maximum absolute atomic E-state index is 12.4. The number of hydrogen-bond acceptors (Lipinski definition) is 3. The summed E-state index contributed by atoms with van der Waals surface area (Å²) < 4.78 is 5.81. The largest absolute Gasteiger partial charge is 0.373 e. The summed E-state index contributed by atoms with van der Waals surface area (Å²) in [6.07, 6.45) is 4.25. The molecule has 1 aliphatic heterocycles. The van der Waals surface area contributed by atoms with E-state index in [0.29, 0.717) is 12.2 Å². The first-order valence-corrected chi connectivity index (χ1v) is 7.58.